The molecule has 1 aromatic rings. The number of carbonyl (C=O) groups excluding carboxylic acids is 1. The molecule has 0 bridgehead atoms. The summed E-state index contributed by atoms with van der Waals surface area (Å²) in [6, 6.07) is 2.82. The van der Waals surface area contributed by atoms with E-state index in [9.17, 15) is 9.90 Å². The lowest BCUT2D eigenvalue weighted by Crippen LogP contribution is -2.38. The Morgan fingerprint density at radius 1 is 1.35 bits per heavy atom. The Hall–Kier alpha value is -0.970. The number of phenolic OH excluding ortho intramolecular Hbond substituents is 1. The first-order chi connectivity index (χ1) is 7.77. The molecular formula is C11H13Cl2NO3. The highest BCUT2D eigenvalue weighted by Crippen LogP contribution is 2.34. The van der Waals surface area contributed by atoms with Crippen molar-refractivity contribution in [2.45, 2.75) is 19.4 Å². The van der Waals surface area contributed by atoms with Crippen LogP contribution < -0.4 is 5.32 Å². The van der Waals surface area contributed by atoms with Gasteiger partial charge in [0.25, 0.3) is 5.91 Å². The van der Waals surface area contributed by atoms with Crippen LogP contribution in [0.4, 0.5) is 5.69 Å². The molecule has 2 N–H and O–H groups in total. The number of rotatable bonds is 3. The summed E-state index contributed by atoms with van der Waals surface area (Å²) in [5, 5.41) is 12.1. The first-order valence-corrected chi connectivity index (χ1v) is 5.58. The van der Waals surface area contributed by atoms with Crippen LogP contribution in [0, 0.1) is 0 Å². The average Bonchev–Trinajstić information content (AvgIpc) is 2.25. The minimum atomic E-state index is -0.961. The molecule has 0 atom stereocenters. The fourth-order valence-corrected chi connectivity index (χ4v) is 1.50. The van der Waals surface area contributed by atoms with Crippen molar-refractivity contribution in [3.8, 4) is 5.75 Å². The molecule has 0 radical (unpaired) electrons. The summed E-state index contributed by atoms with van der Waals surface area (Å²) < 4.78 is 5.03. The standard InChI is InChI=1S/C11H13Cl2NO3/c1-11(2,17-3)10(16)14-6-4-7(12)9(15)8(13)5-6/h4-5,15H,1-3H3,(H,14,16). The highest BCUT2D eigenvalue weighted by Gasteiger charge is 2.27. The van der Waals surface area contributed by atoms with E-state index in [1.165, 1.54) is 19.2 Å². The van der Waals surface area contributed by atoms with Crippen LogP contribution >= 0.6 is 23.2 Å². The van der Waals surface area contributed by atoms with E-state index in [2.05, 4.69) is 5.32 Å². The van der Waals surface area contributed by atoms with Gasteiger partial charge in [0.05, 0.1) is 10.0 Å². The summed E-state index contributed by atoms with van der Waals surface area (Å²) in [4.78, 5) is 11.8. The van der Waals surface area contributed by atoms with Gasteiger partial charge in [0.1, 0.15) is 5.60 Å². The van der Waals surface area contributed by atoms with Gasteiger partial charge < -0.3 is 15.2 Å². The summed E-state index contributed by atoms with van der Waals surface area (Å²) in [5.74, 6) is -0.546. The van der Waals surface area contributed by atoms with E-state index in [1.54, 1.807) is 13.8 Å². The number of methoxy groups -OCH3 is 1. The Morgan fingerprint density at radius 3 is 2.24 bits per heavy atom. The van der Waals surface area contributed by atoms with Gasteiger partial charge in [-0.15, -0.1) is 0 Å². The van der Waals surface area contributed by atoms with Crippen molar-refractivity contribution in [3.05, 3.63) is 22.2 Å². The zero-order valence-electron chi connectivity index (χ0n) is 9.67. The number of nitrogens with one attached hydrogen (secondary N) is 1. The molecule has 1 rings (SSSR count). The Balaban J connectivity index is 2.94. The molecule has 4 nitrogen and oxygen atoms in total. The molecule has 0 saturated heterocycles. The second-order valence-electron chi connectivity index (χ2n) is 3.96. The van der Waals surface area contributed by atoms with Crippen molar-refractivity contribution in [2.75, 3.05) is 12.4 Å². The van der Waals surface area contributed by atoms with Crippen LogP contribution in [-0.2, 0) is 9.53 Å². The zero-order valence-corrected chi connectivity index (χ0v) is 11.2. The highest BCUT2D eigenvalue weighted by atomic mass is 35.5. The molecule has 0 saturated carbocycles. The topological polar surface area (TPSA) is 58.6 Å². The molecule has 17 heavy (non-hydrogen) atoms. The van der Waals surface area contributed by atoms with Crippen LogP contribution in [0.3, 0.4) is 0 Å². The van der Waals surface area contributed by atoms with E-state index in [4.69, 9.17) is 27.9 Å². The second kappa shape index (κ2) is 5.12. The van der Waals surface area contributed by atoms with Gasteiger partial charge in [-0.3, -0.25) is 4.79 Å². The van der Waals surface area contributed by atoms with Crippen LogP contribution in [0.5, 0.6) is 5.75 Å². The van der Waals surface area contributed by atoms with Gasteiger partial charge in [-0.25, -0.2) is 0 Å². The van der Waals surface area contributed by atoms with E-state index >= 15 is 0 Å². The van der Waals surface area contributed by atoms with Gasteiger partial charge in [-0.05, 0) is 26.0 Å². The number of halogens is 2. The second-order valence-corrected chi connectivity index (χ2v) is 4.77. The van der Waals surface area contributed by atoms with E-state index in [0.717, 1.165) is 0 Å². The molecule has 0 heterocycles. The lowest BCUT2D eigenvalue weighted by molar-refractivity contribution is -0.133. The van der Waals surface area contributed by atoms with Gasteiger partial charge >= 0.3 is 0 Å². The van der Waals surface area contributed by atoms with Crippen LogP contribution in [0.25, 0.3) is 0 Å². The first-order valence-electron chi connectivity index (χ1n) is 4.82. The summed E-state index contributed by atoms with van der Waals surface area (Å²) in [5.41, 5.74) is -0.565. The molecule has 0 aliphatic rings. The van der Waals surface area contributed by atoms with Crippen molar-refractivity contribution >= 4 is 34.8 Å². The van der Waals surface area contributed by atoms with E-state index in [-0.39, 0.29) is 21.7 Å². The number of phenols is 1. The number of hydrogen-bond acceptors (Lipinski definition) is 3. The fraction of sp³-hybridized carbons (Fsp3) is 0.364. The van der Waals surface area contributed by atoms with Crippen molar-refractivity contribution in [1.82, 2.24) is 0 Å². The molecule has 1 amide bonds. The molecule has 0 aromatic heterocycles. The molecule has 6 heteroatoms. The molecule has 0 spiro atoms. The lowest BCUT2D eigenvalue weighted by atomic mass is 10.1. The van der Waals surface area contributed by atoms with Crippen LogP contribution in [-0.4, -0.2) is 23.7 Å². The smallest absolute Gasteiger partial charge is 0.256 e. The predicted molar refractivity (Wildman–Crippen MR) is 67.8 cm³/mol. The normalized spacial score (nSPS) is 11.4. The fourth-order valence-electron chi connectivity index (χ4n) is 1.01. The Kier molecular flexibility index (Phi) is 4.25. The number of carbonyl (C=O) groups is 1. The van der Waals surface area contributed by atoms with Crippen LogP contribution in [0.15, 0.2) is 12.1 Å². The van der Waals surface area contributed by atoms with Gasteiger partial charge in [0, 0.05) is 12.8 Å². The monoisotopic (exact) mass is 277 g/mol. The molecule has 0 unspecified atom stereocenters. The summed E-state index contributed by atoms with van der Waals surface area (Å²) >= 11 is 11.5. The quantitative estimate of drug-likeness (QED) is 0.835. The van der Waals surface area contributed by atoms with Gasteiger partial charge in [-0.2, -0.15) is 0 Å². The third-order valence-electron chi connectivity index (χ3n) is 2.33. The number of anilines is 1. The summed E-state index contributed by atoms with van der Waals surface area (Å²) in [6.45, 7) is 3.26. The minimum Gasteiger partial charge on any atom is -0.505 e. The SMILES string of the molecule is COC(C)(C)C(=O)Nc1cc(Cl)c(O)c(Cl)c1. The third-order valence-corrected chi connectivity index (χ3v) is 2.91. The maximum atomic E-state index is 11.8. The van der Waals surface area contributed by atoms with Gasteiger partial charge in [-0.1, -0.05) is 23.2 Å². The number of amides is 1. The van der Waals surface area contributed by atoms with Crippen molar-refractivity contribution in [2.24, 2.45) is 0 Å². The number of ether oxygens (including phenoxy) is 1. The maximum Gasteiger partial charge on any atom is 0.256 e. The minimum absolute atomic E-state index is 0.0722. The molecular weight excluding hydrogens is 265 g/mol. The molecule has 94 valence electrons. The Morgan fingerprint density at radius 2 is 1.82 bits per heavy atom. The largest absolute Gasteiger partial charge is 0.505 e. The molecule has 0 fully saturated rings. The van der Waals surface area contributed by atoms with E-state index < -0.39 is 5.60 Å². The van der Waals surface area contributed by atoms with Crippen molar-refractivity contribution in [1.29, 1.82) is 0 Å². The number of benzene rings is 1. The lowest BCUT2D eigenvalue weighted by Gasteiger charge is -2.21. The van der Waals surface area contributed by atoms with E-state index in [1.807, 2.05) is 0 Å². The van der Waals surface area contributed by atoms with Gasteiger partial charge in [0.15, 0.2) is 5.75 Å². The van der Waals surface area contributed by atoms with Crippen LogP contribution in [0.2, 0.25) is 10.0 Å². The van der Waals surface area contributed by atoms with E-state index in [0.29, 0.717) is 5.69 Å². The average molecular weight is 278 g/mol. The van der Waals surface area contributed by atoms with Gasteiger partial charge in [0.2, 0.25) is 0 Å². The molecule has 1 aromatic carbocycles. The zero-order chi connectivity index (χ0) is 13.2. The predicted octanol–water partition coefficient (Wildman–Crippen LogP) is 3.06. The number of hydrogen-bond donors (Lipinski definition) is 2. The Bertz CT molecular complexity index is 423. The highest BCUT2D eigenvalue weighted by molar-refractivity contribution is 6.37. The summed E-state index contributed by atoms with van der Waals surface area (Å²) in [7, 11) is 1.44. The Labute approximate surface area is 109 Å². The first kappa shape index (κ1) is 14.1. The maximum absolute atomic E-state index is 11.8. The van der Waals surface area contributed by atoms with Crippen LogP contribution in [0.1, 0.15) is 13.8 Å². The third kappa shape index (κ3) is 3.25. The van der Waals surface area contributed by atoms with Crippen molar-refractivity contribution in [3.63, 3.8) is 0 Å². The van der Waals surface area contributed by atoms with Crippen molar-refractivity contribution < 1.29 is 14.6 Å². The molecule has 0 aliphatic carbocycles. The summed E-state index contributed by atoms with van der Waals surface area (Å²) in [6.07, 6.45) is 0. The number of aromatic hydroxyl groups is 1. The molecule has 0 aliphatic heterocycles.